The second-order valence-corrected chi connectivity index (χ2v) is 5.62. The van der Waals surface area contributed by atoms with Gasteiger partial charge in [0, 0.05) is 35.9 Å². The number of rotatable bonds is 3. The molecule has 2 rings (SSSR count). The topological polar surface area (TPSA) is 52.6 Å². The predicted molar refractivity (Wildman–Crippen MR) is 68.1 cm³/mol. The lowest BCUT2D eigenvalue weighted by atomic mass is 10.2. The number of carbonyl (C=O) groups is 1. The molecule has 1 saturated heterocycles. The Hall–Kier alpha value is -0.910. The van der Waals surface area contributed by atoms with E-state index in [9.17, 15) is 9.90 Å². The summed E-state index contributed by atoms with van der Waals surface area (Å²) in [6.07, 6.45) is -0.462. The standard InChI is InChI=1S/C12H18N2O2S/c1-9-2-3-11(17-9)10(15)8-12(16)14-6-4-13-5-7-14/h2-3,10,13,15H,4-8H2,1H3. The van der Waals surface area contributed by atoms with Crippen molar-refractivity contribution in [3.63, 3.8) is 0 Å². The number of hydrogen-bond donors (Lipinski definition) is 2. The van der Waals surface area contributed by atoms with Crippen LogP contribution >= 0.6 is 11.3 Å². The molecule has 0 aliphatic carbocycles. The second kappa shape index (κ2) is 5.62. The zero-order chi connectivity index (χ0) is 12.3. The second-order valence-electron chi connectivity index (χ2n) is 4.30. The molecule has 1 atom stereocenters. The molecule has 2 N–H and O–H groups in total. The Morgan fingerprint density at radius 3 is 2.82 bits per heavy atom. The van der Waals surface area contributed by atoms with Gasteiger partial charge in [-0.05, 0) is 19.1 Å². The van der Waals surface area contributed by atoms with Crippen LogP contribution in [0, 0.1) is 6.92 Å². The summed E-state index contributed by atoms with van der Waals surface area (Å²) in [5.41, 5.74) is 0. The highest BCUT2D eigenvalue weighted by molar-refractivity contribution is 7.12. The van der Waals surface area contributed by atoms with Gasteiger partial charge in [0.1, 0.15) is 0 Å². The summed E-state index contributed by atoms with van der Waals surface area (Å²) >= 11 is 1.55. The maximum atomic E-state index is 11.9. The average molecular weight is 254 g/mol. The highest BCUT2D eigenvalue weighted by Gasteiger charge is 2.20. The summed E-state index contributed by atoms with van der Waals surface area (Å²) in [5, 5.41) is 13.2. The number of nitrogens with one attached hydrogen (secondary N) is 1. The minimum Gasteiger partial charge on any atom is -0.387 e. The molecule has 1 aromatic heterocycles. The van der Waals surface area contributed by atoms with Crippen LogP contribution in [0.4, 0.5) is 0 Å². The van der Waals surface area contributed by atoms with Crippen molar-refractivity contribution in [1.29, 1.82) is 0 Å². The van der Waals surface area contributed by atoms with Gasteiger partial charge in [-0.25, -0.2) is 0 Å². The Labute approximate surface area is 105 Å². The Morgan fingerprint density at radius 1 is 1.53 bits per heavy atom. The molecule has 4 nitrogen and oxygen atoms in total. The fourth-order valence-electron chi connectivity index (χ4n) is 1.94. The van der Waals surface area contributed by atoms with Crippen LogP contribution < -0.4 is 5.32 Å². The van der Waals surface area contributed by atoms with Gasteiger partial charge in [0.2, 0.25) is 5.91 Å². The largest absolute Gasteiger partial charge is 0.387 e. The summed E-state index contributed by atoms with van der Waals surface area (Å²) in [6.45, 7) is 5.18. The minimum atomic E-state index is -0.656. The molecule has 0 spiro atoms. The molecule has 1 aliphatic rings. The van der Waals surface area contributed by atoms with Crippen LogP contribution in [0.3, 0.4) is 0 Å². The van der Waals surface area contributed by atoms with Gasteiger partial charge in [0.25, 0.3) is 0 Å². The van der Waals surface area contributed by atoms with Gasteiger partial charge in [-0.1, -0.05) is 0 Å². The van der Waals surface area contributed by atoms with Gasteiger partial charge in [0.15, 0.2) is 0 Å². The van der Waals surface area contributed by atoms with Crippen LogP contribution in [0.25, 0.3) is 0 Å². The summed E-state index contributed by atoms with van der Waals surface area (Å²) in [4.78, 5) is 15.8. The molecule has 1 aromatic rings. The molecule has 0 radical (unpaired) electrons. The number of aliphatic hydroxyl groups excluding tert-OH is 1. The number of nitrogens with zero attached hydrogens (tertiary/aromatic N) is 1. The smallest absolute Gasteiger partial charge is 0.225 e. The van der Waals surface area contributed by atoms with Crippen molar-refractivity contribution in [3.05, 3.63) is 21.9 Å². The van der Waals surface area contributed by atoms with Gasteiger partial charge in [-0.2, -0.15) is 0 Å². The van der Waals surface area contributed by atoms with E-state index >= 15 is 0 Å². The van der Waals surface area contributed by atoms with Crippen LogP contribution in [0.2, 0.25) is 0 Å². The van der Waals surface area contributed by atoms with Crippen molar-refractivity contribution in [3.8, 4) is 0 Å². The molecule has 0 saturated carbocycles. The van der Waals surface area contributed by atoms with Crippen molar-refractivity contribution < 1.29 is 9.90 Å². The van der Waals surface area contributed by atoms with Crippen LogP contribution in [0.5, 0.6) is 0 Å². The first-order valence-electron chi connectivity index (χ1n) is 5.89. The van der Waals surface area contributed by atoms with Crippen molar-refractivity contribution in [2.24, 2.45) is 0 Å². The molecule has 1 unspecified atom stereocenters. The van der Waals surface area contributed by atoms with E-state index in [1.165, 1.54) is 0 Å². The molecule has 17 heavy (non-hydrogen) atoms. The minimum absolute atomic E-state index is 0.0463. The molecule has 0 bridgehead atoms. The number of aryl methyl sites for hydroxylation is 1. The highest BCUT2D eigenvalue weighted by Crippen LogP contribution is 2.25. The van der Waals surface area contributed by atoms with Crippen molar-refractivity contribution >= 4 is 17.2 Å². The molecule has 1 amide bonds. The molecule has 94 valence electrons. The van der Waals surface area contributed by atoms with E-state index in [1.807, 2.05) is 24.0 Å². The molecule has 1 aliphatic heterocycles. The fraction of sp³-hybridized carbons (Fsp3) is 0.583. The summed E-state index contributed by atoms with van der Waals surface area (Å²) < 4.78 is 0. The number of amides is 1. The first-order valence-corrected chi connectivity index (χ1v) is 6.71. The van der Waals surface area contributed by atoms with Gasteiger partial charge in [-0.15, -0.1) is 11.3 Å². The van der Waals surface area contributed by atoms with Crippen molar-refractivity contribution in [2.75, 3.05) is 26.2 Å². The Bertz CT molecular complexity index is 386. The quantitative estimate of drug-likeness (QED) is 0.843. The number of hydrogen-bond acceptors (Lipinski definition) is 4. The molecule has 2 heterocycles. The lowest BCUT2D eigenvalue weighted by Gasteiger charge is -2.28. The monoisotopic (exact) mass is 254 g/mol. The van der Waals surface area contributed by atoms with Crippen LogP contribution in [0.1, 0.15) is 22.3 Å². The zero-order valence-corrected chi connectivity index (χ0v) is 10.8. The summed E-state index contributed by atoms with van der Waals surface area (Å²) in [5.74, 6) is 0.0463. The van der Waals surface area contributed by atoms with Gasteiger partial charge in [-0.3, -0.25) is 4.79 Å². The van der Waals surface area contributed by atoms with E-state index in [4.69, 9.17) is 0 Å². The van der Waals surface area contributed by atoms with E-state index in [2.05, 4.69) is 5.32 Å². The molecule has 5 heteroatoms. The zero-order valence-electron chi connectivity index (χ0n) is 9.98. The van der Waals surface area contributed by atoms with E-state index in [1.54, 1.807) is 11.3 Å². The third kappa shape index (κ3) is 3.28. The number of piperazine rings is 1. The van der Waals surface area contributed by atoms with Gasteiger partial charge in [0.05, 0.1) is 12.5 Å². The molecule has 0 aromatic carbocycles. The Balaban J connectivity index is 1.89. The fourth-order valence-corrected chi connectivity index (χ4v) is 2.81. The number of thiophene rings is 1. The summed E-state index contributed by atoms with van der Waals surface area (Å²) in [6, 6.07) is 3.87. The third-order valence-electron chi connectivity index (χ3n) is 2.93. The molecular weight excluding hydrogens is 236 g/mol. The van der Waals surface area contributed by atoms with Gasteiger partial charge < -0.3 is 15.3 Å². The third-order valence-corrected chi connectivity index (χ3v) is 4.03. The van der Waals surface area contributed by atoms with E-state index in [-0.39, 0.29) is 12.3 Å². The molecular formula is C12H18N2O2S. The number of carbonyl (C=O) groups excluding carboxylic acids is 1. The van der Waals surface area contributed by atoms with Crippen LogP contribution in [0.15, 0.2) is 12.1 Å². The maximum absolute atomic E-state index is 11.9. The number of aliphatic hydroxyl groups is 1. The molecule has 1 fully saturated rings. The highest BCUT2D eigenvalue weighted by atomic mass is 32.1. The maximum Gasteiger partial charge on any atom is 0.225 e. The lowest BCUT2D eigenvalue weighted by molar-refractivity contribution is -0.133. The first kappa shape index (κ1) is 12.5. The average Bonchev–Trinajstić information content (AvgIpc) is 2.77. The van der Waals surface area contributed by atoms with Crippen LogP contribution in [-0.4, -0.2) is 42.1 Å². The predicted octanol–water partition coefficient (Wildman–Crippen LogP) is 0.912. The van der Waals surface area contributed by atoms with Gasteiger partial charge >= 0.3 is 0 Å². The first-order chi connectivity index (χ1) is 8.16. The SMILES string of the molecule is Cc1ccc(C(O)CC(=O)N2CCNCC2)s1. The lowest BCUT2D eigenvalue weighted by Crippen LogP contribution is -2.46. The Morgan fingerprint density at radius 2 is 2.24 bits per heavy atom. The van der Waals surface area contributed by atoms with Crippen LogP contribution in [-0.2, 0) is 4.79 Å². The van der Waals surface area contributed by atoms with Crippen molar-refractivity contribution in [2.45, 2.75) is 19.4 Å². The van der Waals surface area contributed by atoms with Crippen molar-refractivity contribution in [1.82, 2.24) is 10.2 Å². The Kier molecular flexibility index (Phi) is 4.15. The van der Waals surface area contributed by atoms with E-state index in [0.717, 1.165) is 35.9 Å². The van der Waals surface area contributed by atoms with E-state index in [0.29, 0.717) is 0 Å². The van der Waals surface area contributed by atoms with E-state index < -0.39 is 6.10 Å². The normalized spacial score (nSPS) is 18.1. The summed E-state index contributed by atoms with van der Waals surface area (Å²) in [7, 11) is 0.